The predicted molar refractivity (Wildman–Crippen MR) is 89.4 cm³/mol. The van der Waals surface area contributed by atoms with E-state index in [1.807, 2.05) is 23.1 Å². The minimum Gasteiger partial charge on any atom is -0.492 e. The van der Waals surface area contributed by atoms with E-state index in [1.165, 1.54) is 0 Å². The third-order valence-corrected chi connectivity index (χ3v) is 4.04. The number of ether oxygens (including phenoxy) is 1. The van der Waals surface area contributed by atoms with Crippen LogP contribution in [-0.2, 0) is 11.3 Å². The molecule has 5 heteroatoms. The highest BCUT2D eigenvalue weighted by molar-refractivity contribution is 6.32. The largest absolute Gasteiger partial charge is 0.492 e. The fourth-order valence-corrected chi connectivity index (χ4v) is 2.81. The summed E-state index contributed by atoms with van der Waals surface area (Å²) >= 11 is 6.21. The van der Waals surface area contributed by atoms with Crippen molar-refractivity contribution in [3.8, 4) is 5.75 Å². The molecule has 1 N–H and O–H groups in total. The van der Waals surface area contributed by atoms with Gasteiger partial charge in [0.25, 0.3) is 0 Å². The summed E-state index contributed by atoms with van der Waals surface area (Å²) in [7, 11) is 0. The van der Waals surface area contributed by atoms with E-state index in [-0.39, 0.29) is 0 Å². The minimum absolute atomic E-state index is 0.300. The van der Waals surface area contributed by atoms with Crippen molar-refractivity contribution in [3.05, 3.63) is 28.8 Å². The van der Waals surface area contributed by atoms with Crippen LogP contribution in [0.1, 0.15) is 38.2 Å². The van der Waals surface area contributed by atoms with Crippen LogP contribution in [0.15, 0.2) is 18.2 Å². The Morgan fingerprint density at radius 2 is 2.27 bits per heavy atom. The van der Waals surface area contributed by atoms with Crippen LogP contribution < -0.4 is 10.1 Å². The lowest BCUT2D eigenvalue weighted by Crippen LogP contribution is -2.28. The van der Waals surface area contributed by atoms with E-state index in [2.05, 4.69) is 12.2 Å². The van der Waals surface area contributed by atoms with Gasteiger partial charge >= 0.3 is 0 Å². The summed E-state index contributed by atoms with van der Waals surface area (Å²) < 4.78 is 5.56. The first-order valence-electron chi connectivity index (χ1n) is 8.10. The second kappa shape index (κ2) is 9.01. The van der Waals surface area contributed by atoms with Crippen molar-refractivity contribution in [3.63, 3.8) is 0 Å². The molecule has 0 saturated carbocycles. The van der Waals surface area contributed by atoms with Gasteiger partial charge in [-0.2, -0.15) is 0 Å². The van der Waals surface area contributed by atoms with Gasteiger partial charge < -0.3 is 15.0 Å². The first-order chi connectivity index (χ1) is 10.7. The molecular formula is C17H25ClN2O2. The Bertz CT molecular complexity index is 494. The lowest BCUT2D eigenvalue weighted by Gasteiger charge is -2.15. The van der Waals surface area contributed by atoms with Crippen molar-refractivity contribution < 1.29 is 9.53 Å². The SMILES string of the molecule is CCCOc1ccc(CNCCCN2CCCC2=O)cc1Cl. The third kappa shape index (κ3) is 5.18. The smallest absolute Gasteiger partial charge is 0.222 e. The number of benzene rings is 1. The van der Waals surface area contributed by atoms with Crippen LogP contribution in [0.4, 0.5) is 0 Å². The van der Waals surface area contributed by atoms with E-state index in [1.54, 1.807) is 0 Å². The zero-order chi connectivity index (χ0) is 15.8. The molecule has 0 unspecified atom stereocenters. The Balaban J connectivity index is 1.66. The highest BCUT2D eigenvalue weighted by atomic mass is 35.5. The van der Waals surface area contributed by atoms with Crippen molar-refractivity contribution >= 4 is 17.5 Å². The van der Waals surface area contributed by atoms with Gasteiger partial charge in [-0.25, -0.2) is 0 Å². The predicted octanol–water partition coefficient (Wildman–Crippen LogP) is 3.23. The van der Waals surface area contributed by atoms with Gasteiger partial charge in [0.2, 0.25) is 5.91 Å². The molecule has 0 aliphatic carbocycles. The van der Waals surface area contributed by atoms with Crippen LogP contribution >= 0.6 is 11.6 Å². The molecule has 0 bridgehead atoms. The molecule has 1 aliphatic heterocycles. The van der Waals surface area contributed by atoms with E-state index in [0.29, 0.717) is 17.5 Å². The Morgan fingerprint density at radius 1 is 1.41 bits per heavy atom. The summed E-state index contributed by atoms with van der Waals surface area (Å²) in [6.45, 7) is 6.22. The van der Waals surface area contributed by atoms with Crippen LogP contribution in [0.3, 0.4) is 0 Å². The van der Waals surface area contributed by atoms with Gasteiger partial charge in [0.15, 0.2) is 0 Å². The minimum atomic E-state index is 0.300. The maximum atomic E-state index is 11.5. The molecule has 0 aromatic heterocycles. The lowest BCUT2D eigenvalue weighted by atomic mass is 10.2. The molecular weight excluding hydrogens is 300 g/mol. The Morgan fingerprint density at radius 3 is 2.95 bits per heavy atom. The molecule has 4 nitrogen and oxygen atoms in total. The number of hydrogen-bond acceptors (Lipinski definition) is 3. The molecule has 1 heterocycles. The van der Waals surface area contributed by atoms with Crippen molar-refractivity contribution in [2.24, 2.45) is 0 Å². The van der Waals surface area contributed by atoms with E-state index in [0.717, 1.165) is 63.2 Å². The van der Waals surface area contributed by atoms with Gasteiger partial charge in [-0.05, 0) is 43.5 Å². The zero-order valence-corrected chi connectivity index (χ0v) is 14.0. The summed E-state index contributed by atoms with van der Waals surface area (Å²) in [5, 5.41) is 4.06. The van der Waals surface area contributed by atoms with E-state index < -0.39 is 0 Å². The molecule has 1 fully saturated rings. The molecule has 1 aromatic carbocycles. The molecule has 0 radical (unpaired) electrons. The number of likely N-dealkylation sites (tertiary alicyclic amines) is 1. The summed E-state index contributed by atoms with van der Waals surface area (Å²) in [6, 6.07) is 5.91. The van der Waals surface area contributed by atoms with Crippen LogP contribution in [0.2, 0.25) is 5.02 Å². The lowest BCUT2D eigenvalue weighted by molar-refractivity contribution is -0.127. The normalized spacial score (nSPS) is 14.6. The van der Waals surface area contributed by atoms with Crippen LogP contribution in [0.25, 0.3) is 0 Å². The van der Waals surface area contributed by atoms with Crippen molar-refractivity contribution in [2.75, 3.05) is 26.2 Å². The summed E-state index contributed by atoms with van der Waals surface area (Å²) in [6.07, 6.45) is 3.69. The molecule has 1 amide bonds. The summed E-state index contributed by atoms with van der Waals surface area (Å²) in [4.78, 5) is 13.4. The number of hydrogen-bond donors (Lipinski definition) is 1. The first-order valence-corrected chi connectivity index (χ1v) is 8.48. The second-order valence-corrected chi connectivity index (χ2v) is 6.04. The molecule has 0 spiro atoms. The number of amides is 1. The quantitative estimate of drug-likeness (QED) is 0.709. The molecule has 0 atom stereocenters. The summed E-state index contributed by atoms with van der Waals surface area (Å²) in [5.74, 6) is 1.05. The fraction of sp³-hybridized carbons (Fsp3) is 0.588. The standard InChI is InChI=1S/C17H25ClN2O2/c1-2-11-22-16-7-6-14(12-15(16)18)13-19-8-4-10-20-9-3-5-17(20)21/h6-7,12,19H,2-5,8-11,13H2,1H3. The van der Waals surface area contributed by atoms with Gasteiger partial charge in [-0.1, -0.05) is 24.6 Å². The monoisotopic (exact) mass is 324 g/mol. The number of carbonyl (C=O) groups excluding carboxylic acids is 1. The molecule has 1 aromatic rings. The highest BCUT2D eigenvalue weighted by Gasteiger charge is 2.18. The van der Waals surface area contributed by atoms with Crippen molar-refractivity contribution in [1.82, 2.24) is 10.2 Å². The van der Waals surface area contributed by atoms with Gasteiger partial charge in [0, 0.05) is 26.1 Å². The third-order valence-electron chi connectivity index (χ3n) is 3.74. The molecule has 1 aliphatic rings. The fourth-order valence-electron chi connectivity index (χ4n) is 2.55. The van der Waals surface area contributed by atoms with Crippen molar-refractivity contribution in [2.45, 2.75) is 39.2 Å². The van der Waals surface area contributed by atoms with Gasteiger partial charge in [0.05, 0.1) is 11.6 Å². The van der Waals surface area contributed by atoms with E-state index in [4.69, 9.17) is 16.3 Å². The van der Waals surface area contributed by atoms with Crippen molar-refractivity contribution in [1.29, 1.82) is 0 Å². The van der Waals surface area contributed by atoms with Crippen LogP contribution in [0.5, 0.6) is 5.75 Å². The number of halogens is 1. The van der Waals surface area contributed by atoms with E-state index in [9.17, 15) is 4.79 Å². The van der Waals surface area contributed by atoms with Gasteiger partial charge in [-0.3, -0.25) is 4.79 Å². The maximum absolute atomic E-state index is 11.5. The molecule has 2 rings (SSSR count). The van der Waals surface area contributed by atoms with Gasteiger partial charge in [0.1, 0.15) is 5.75 Å². The Labute approximate surface area is 137 Å². The number of nitrogens with one attached hydrogen (secondary N) is 1. The Kier molecular flexibility index (Phi) is 7.00. The average Bonchev–Trinajstić information content (AvgIpc) is 2.91. The van der Waals surface area contributed by atoms with Crippen LogP contribution in [0, 0.1) is 0 Å². The van der Waals surface area contributed by atoms with Gasteiger partial charge in [-0.15, -0.1) is 0 Å². The topological polar surface area (TPSA) is 41.6 Å². The average molecular weight is 325 g/mol. The molecule has 1 saturated heterocycles. The summed E-state index contributed by atoms with van der Waals surface area (Å²) in [5.41, 5.74) is 1.14. The van der Waals surface area contributed by atoms with E-state index >= 15 is 0 Å². The number of rotatable bonds is 9. The maximum Gasteiger partial charge on any atom is 0.222 e. The van der Waals surface area contributed by atoms with Crippen LogP contribution in [-0.4, -0.2) is 37.0 Å². The second-order valence-electron chi connectivity index (χ2n) is 5.63. The Hall–Kier alpha value is -1.26. The number of nitrogens with zero attached hydrogens (tertiary/aromatic N) is 1. The first kappa shape index (κ1) is 17.1. The number of carbonyl (C=O) groups is 1. The zero-order valence-electron chi connectivity index (χ0n) is 13.2. The molecule has 22 heavy (non-hydrogen) atoms. The highest BCUT2D eigenvalue weighted by Crippen LogP contribution is 2.25. The molecule has 122 valence electrons.